The van der Waals surface area contributed by atoms with Crippen LogP contribution in [0.4, 0.5) is 0 Å². The van der Waals surface area contributed by atoms with Crippen LogP contribution in [0.2, 0.25) is 0 Å². The van der Waals surface area contributed by atoms with E-state index in [0.29, 0.717) is 5.56 Å². The van der Waals surface area contributed by atoms with E-state index in [4.69, 9.17) is 0 Å². The second-order valence-corrected chi connectivity index (χ2v) is 5.41. The summed E-state index contributed by atoms with van der Waals surface area (Å²) in [6.45, 7) is 2.02. The summed E-state index contributed by atoms with van der Waals surface area (Å²) < 4.78 is 0. The Morgan fingerprint density at radius 3 is 2.45 bits per heavy atom. The van der Waals surface area contributed by atoms with Gasteiger partial charge in [-0.1, -0.05) is 60.2 Å². The fraction of sp³-hybridized carbons (Fsp3) is 0.222. The summed E-state index contributed by atoms with van der Waals surface area (Å²) in [5.41, 5.74) is 2.95. The third kappa shape index (κ3) is 2.18. The molecule has 0 N–H and O–H groups in total. The number of Topliss-reactive ketones (excluding diaryl/α,β-unsaturated/α-hetero) is 1. The van der Waals surface area contributed by atoms with Gasteiger partial charge in [0.05, 0.1) is 0 Å². The van der Waals surface area contributed by atoms with E-state index >= 15 is 0 Å². The molecule has 1 saturated carbocycles. The Kier molecular flexibility index (Phi) is 3.23. The predicted octanol–water partition coefficient (Wildman–Crippen LogP) is 3.41. The number of hydrogen-bond acceptors (Lipinski definition) is 2. The van der Waals surface area contributed by atoms with Crippen molar-refractivity contribution in [2.45, 2.75) is 12.8 Å². The standard InChI is InChI=1S/C18H16O2/c1-12-6-5-9-14(10-12)16-15(11-19)17(16)18(20)13-7-3-2-4-8-13/h2-11,15-17H,1H3/t15-,16-,17+/m0/s1. The minimum atomic E-state index is -0.198. The summed E-state index contributed by atoms with van der Waals surface area (Å²) in [6.07, 6.45) is 0.929. The summed E-state index contributed by atoms with van der Waals surface area (Å²) in [6, 6.07) is 17.3. The molecule has 1 fully saturated rings. The van der Waals surface area contributed by atoms with Crippen molar-refractivity contribution in [2.75, 3.05) is 0 Å². The Morgan fingerprint density at radius 2 is 1.80 bits per heavy atom. The lowest BCUT2D eigenvalue weighted by Gasteiger charge is -2.02. The minimum absolute atomic E-state index is 0.0418. The molecule has 2 heteroatoms. The van der Waals surface area contributed by atoms with E-state index in [0.717, 1.165) is 17.4 Å². The molecule has 0 unspecified atom stereocenters. The zero-order valence-electron chi connectivity index (χ0n) is 11.3. The molecule has 2 nitrogen and oxygen atoms in total. The summed E-state index contributed by atoms with van der Waals surface area (Å²) >= 11 is 0. The normalized spacial score (nSPS) is 24.1. The number of ketones is 1. The van der Waals surface area contributed by atoms with Crippen molar-refractivity contribution < 1.29 is 9.59 Å². The number of carbonyl (C=O) groups is 2. The average molecular weight is 264 g/mol. The minimum Gasteiger partial charge on any atom is -0.303 e. The van der Waals surface area contributed by atoms with Crippen molar-refractivity contribution in [3.63, 3.8) is 0 Å². The number of aryl methyl sites for hydroxylation is 1. The Labute approximate surface area is 118 Å². The summed E-state index contributed by atoms with van der Waals surface area (Å²) in [7, 11) is 0. The van der Waals surface area contributed by atoms with Gasteiger partial charge in [0.15, 0.2) is 5.78 Å². The highest BCUT2D eigenvalue weighted by Gasteiger charge is 2.55. The number of hydrogen-bond donors (Lipinski definition) is 0. The van der Waals surface area contributed by atoms with Crippen molar-refractivity contribution in [3.05, 3.63) is 71.3 Å². The molecule has 0 bridgehead atoms. The topological polar surface area (TPSA) is 34.1 Å². The molecular weight excluding hydrogens is 248 g/mol. The average Bonchev–Trinajstić information content (AvgIpc) is 3.22. The fourth-order valence-corrected chi connectivity index (χ4v) is 2.94. The fourth-order valence-electron chi connectivity index (χ4n) is 2.94. The van der Waals surface area contributed by atoms with Crippen LogP contribution in [0.1, 0.15) is 27.4 Å². The smallest absolute Gasteiger partial charge is 0.167 e. The van der Waals surface area contributed by atoms with Crippen LogP contribution in [0, 0.1) is 18.8 Å². The van der Waals surface area contributed by atoms with Crippen LogP contribution in [-0.2, 0) is 4.79 Å². The highest BCUT2D eigenvalue weighted by Crippen LogP contribution is 2.54. The largest absolute Gasteiger partial charge is 0.303 e. The van der Waals surface area contributed by atoms with Gasteiger partial charge in [0, 0.05) is 23.3 Å². The van der Waals surface area contributed by atoms with Crippen molar-refractivity contribution in [1.29, 1.82) is 0 Å². The number of aldehydes is 1. The van der Waals surface area contributed by atoms with E-state index in [2.05, 4.69) is 6.07 Å². The lowest BCUT2D eigenvalue weighted by Crippen LogP contribution is -2.04. The molecule has 1 aliphatic rings. The summed E-state index contributed by atoms with van der Waals surface area (Å²) in [4.78, 5) is 23.7. The third-order valence-corrected chi connectivity index (χ3v) is 4.02. The molecule has 100 valence electrons. The van der Waals surface area contributed by atoms with Crippen molar-refractivity contribution in [2.24, 2.45) is 11.8 Å². The van der Waals surface area contributed by atoms with Gasteiger partial charge in [-0.3, -0.25) is 4.79 Å². The van der Waals surface area contributed by atoms with Gasteiger partial charge in [0.1, 0.15) is 6.29 Å². The molecule has 2 aromatic rings. The van der Waals surface area contributed by atoms with Crippen LogP contribution in [-0.4, -0.2) is 12.1 Å². The zero-order valence-corrected chi connectivity index (χ0v) is 11.3. The van der Waals surface area contributed by atoms with Crippen LogP contribution >= 0.6 is 0 Å². The maximum Gasteiger partial charge on any atom is 0.167 e. The SMILES string of the molecule is Cc1cccc([C@H]2[C@H](C=O)[C@H]2C(=O)c2ccccc2)c1. The highest BCUT2D eigenvalue weighted by molar-refractivity contribution is 6.03. The molecule has 0 amide bonds. The van der Waals surface area contributed by atoms with Crippen LogP contribution < -0.4 is 0 Å². The van der Waals surface area contributed by atoms with Gasteiger partial charge in [-0.25, -0.2) is 0 Å². The summed E-state index contributed by atoms with van der Waals surface area (Å²) in [5.74, 6) is -0.254. The quantitative estimate of drug-likeness (QED) is 0.626. The maximum absolute atomic E-state index is 12.5. The van der Waals surface area contributed by atoms with Crippen LogP contribution in [0.15, 0.2) is 54.6 Å². The van der Waals surface area contributed by atoms with Gasteiger partial charge in [0.2, 0.25) is 0 Å². The van der Waals surface area contributed by atoms with E-state index in [-0.39, 0.29) is 23.5 Å². The molecule has 0 radical (unpaired) electrons. The lowest BCUT2D eigenvalue weighted by molar-refractivity contribution is -0.109. The first kappa shape index (κ1) is 12.8. The first-order valence-corrected chi connectivity index (χ1v) is 6.83. The van der Waals surface area contributed by atoms with E-state index in [1.807, 2.05) is 55.5 Å². The molecule has 0 aromatic heterocycles. The predicted molar refractivity (Wildman–Crippen MR) is 77.7 cm³/mol. The Bertz CT molecular complexity index is 645. The highest BCUT2D eigenvalue weighted by atomic mass is 16.1. The second kappa shape index (κ2) is 5.04. The van der Waals surface area contributed by atoms with Gasteiger partial charge in [-0.15, -0.1) is 0 Å². The maximum atomic E-state index is 12.5. The van der Waals surface area contributed by atoms with E-state index in [1.165, 1.54) is 0 Å². The molecule has 2 aromatic carbocycles. The first-order valence-electron chi connectivity index (χ1n) is 6.83. The molecule has 0 heterocycles. The molecule has 3 rings (SSSR count). The van der Waals surface area contributed by atoms with E-state index < -0.39 is 0 Å². The van der Waals surface area contributed by atoms with Crippen molar-refractivity contribution in [3.8, 4) is 0 Å². The monoisotopic (exact) mass is 264 g/mol. The lowest BCUT2D eigenvalue weighted by atomic mass is 10.0. The Balaban J connectivity index is 1.88. The van der Waals surface area contributed by atoms with Crippen LogP contribution in [0.25, 0.3) is 0 Å². The molecule has 0 spiro atoms. The van der Waals surface area contributed by atoms with Gasteiger partial charge in [-0.2, -0.15) is 0 Å². The Morgan fingerprint density at radius 1 is 1.05 bits per heavy atom. The zero-order chi connectivity index (χ0) is 14.1. The van der Waals surface area contributed by atoms with Crippen LogP contribution in [0.3, 0.4) is 0 Å². The van der Waals surface area contributed by atoms with Crippen LogP contribution in [0.5, 0.6) is 0 Å². The first-order chi connectivity index (χ1) is 9.72. The van der Waals surface area contributed by atoms with Gasteiger partial charge >= 0.3 is 0 Å². The van der Waals surface area contributed by atoms with E-state index in [1.54, 1.807) is 0 Å². The second-order valence-electron chi connectivity index (χ2n) is 5.41. The molecular formula is C18H16O2. The van der Waals surface area contributed by atoms with Crippen molar-refractivity contribution >= 4 is 12.1 Å². The molecule has 0 aliphatic heterocycles. The van der Waals surface area contributed by atoms with Crippen molar-refractivity contribution in [1.82, 2.24) is 0 Å². The molecule has 20 heavy (non-hydrogen) atoms. The Hall–Kier alpha value is -2.22. The molecule has 0 saturated heterocycles. The van der Waals surface area contributed by atoms with E-state index in [9.17, 15) is 9.59 Å². The van der Waals surface area contributed by atoms with Gasteiger partial charge in [-0.05, 0) is 12.5 Å². The third-order valence-electron chi connectivity index (χ3n) is 4.02. The number of benzene rings is 2. The van der Waals surface area contributed by atoms with Gasteiger partial charge in [0.25, 0.3) is 0 Å². The molecule has 3 atom stereocenters. The number of carbonyl (C=O) groups excluding carboxylic acids is 2. The van der Waals surface area contributed by atoms with Gasteiger partial charge < -0.3 is 4.79 Å². The molecule has 1 aliphatic carbocycles. The summed E-state index contributed by atoms with van der Waals surface area (Å²) in [5, 5.41) is 0. The number of rotatable bonds is 4.